The normalized spacial score (nSPS) is 10.1. The van der Waals surface area contributed by atoms with Gasteiger partial charge in [-0.15, -0.1) is 0 Å². The predicted octanol–water partition coefficient (Wildman–Crippen LogP) is 2.85. The van der Waals surface area contributed by atoms with Crippen molar-refractivity contribution in [3.63, 3.8) is 0 Å². The van der Waals surface area contributed by atoms with Gasteiger partial charge in [0.05, 0.1) is 12.5 Å². The highest BCUT2D eigenvalue weighted by Gasteiger charge is 2.13. The van der Waals surface area contributed by atoms with Crippen molar-refractivity contribution in [1.29, 1.82) is 5.26 Å². The van der Waals surface area contributed by atoms with Gasteiger partial charge in [-0.25, -0.2) is 13.8 Å². The van der Waals surface area contributed by atoms with Gasteiger partial charge in [0.1, 0.15) is 4.60 Å². The first-order valence-corrected chi connectivity index (χ1v) is 4.24. The van der Waals surface area contributed by atoms with E-state index in [1.165, 1.54) is 12.3 Å². The largest absolute Gasteiger partial charge is 0.264 e. The van der Waals surface area contributed by atoms with Gasteiger partial charge in [-0.1, -0.05) is 0 Å². The first kappa shape index (κ1) is 10.1. The highest BCUT2D eigenvalue weighted by molar-refractivity contribution is 9.10. The van der Waals surface area contributed by atoms with Crippen molar-refractivity contribution in [2.75, 3.05) is 0 Å². The zero-order valence-corrected chi connectivity index (χ0v) is 8.05. The smallest absolute Gasteiger partial charge is 0.249 e. The third kappa shape index (κ3) is 2.46. The third-order valence-corrected chi connectivity index (χ3v) is 1.93. The molecule has 0 aliphatic heterocycles. The van der Waals surface area contributed by atoms with Crippen LogP contribution in [0.5, 0.6) is 0 Å². The Morgan fingerprint density at radius 3 is 2.85 bits per heavy atom. The number of hydrogen-bond acceptors (Lipinski definition) is 2. The van der Waals surface area contributed by atoms with Crippen LogP contribution in [-0.4, -0.2) is 4.98 Å². The molecular weight excluding hydrogens is 242 g/mol. The maximum absolute atomic E-state index is 12.4. The molecule has 1 rings (SSSR count). The number of pyridine rings is 1. The van der Waals surface area contributed by atoms with E-state index in [1.54, 1.807) is 0 Å². The predicted molar refractivity (Wildman–Crippen MR) is 46.2 cm³/mol. The summed E-state index contributed by atoms with van der Waals surface area (Å²) in [5, 5.41) is 8.36. The maximum Gasteiger partial charge on any atom is 0.264 e. The van der Waals surface area contributed by atoms with Gasteiger partial charge in [-0.3, -0.25) is 0 Å². The number of rotatable bonds is 2. The number of nitriles is 1. The van der Waals surface area contributed by atoms with Gasteiger partial charge in [-0.05, 0) is 27.6 Å². The van der Waals surface area contributed by atoms with Gasteiger partial charge in [0.25, 0.3) is 6.43 Å². The topological polar surface area (TPSA) is 36.7 Å². The molecule has 0 amide bonds. The molecule has 0 radical (unpaired) electrons. The van der Waals surface area contributed by atoms with E-state index in [1.807, 2.05) is 6.07 Å². The second-order valence-electron chi connectivity index (χ2n) is 2.34. The Kier molecular flexibility index (Phi) is 3.32. The third-order valence-electron chi connectivity index (χ3n) is 1.49. The molecule has 0 unspecified atom stereocenters. The highest BCUT2D eigenvalue weighted by Crippen LogP contribution is 2.24. The molecule has 0 aliphatic carbocycles. The minimum Gasteiger partial charge on any atom is -0.249 e. The Morgan fingerprint density at radius 2 is 2.31 bits per heavy atom. The molecule has 13 heavy (non-hydrogen) atoms. The molecule has 0 aromatic carbocycles. The lowest BCUT2D eigenvalue weighted by atomic mass is 10.1. The number of hydrogen-bond donors (Lipinski definition) is 0. The lowest BCUT2D eigenvalue weighted by Gasteiger charge is -2.04. The Morgan fingerprint density at radius 1 is 1.62 bits per heavy atom. The summed E-state index contributed by atoms with van der Waals surface area (Å²) in [6.45, 7) is 0. The zero-order chi connectivity index (χ0) is 9.84. The second kappa shape index (κ2) is 4.28. The number of alkyl halides is 2. The van der Waals surface area contributed by atoms with Crippen LogP contribution >= 0.6 is 15.9 Å². The van der Waals surface area contributed by atoms with E-state index in [9.17, 15) is 8.78 Å². The average molecular weight is 247 g/mol. The fourth-order valence-corrected chi connectivity index (χ4v) is 1.26. The second-order valence-corrected chi connectivity index (χ2v) is 3.15. The van der Waals surface area contributed by atoms with E-state index in [0.717, 1.165) is 0 Å². The summed E-state index contributed by atoms with van der Waals surface area (Å²) in [6.07, 6.45) is -1.32. The van der Waals surface area contributed by atoms with Crippen molar-refractivity contribution in [3.05, 3.63) is 28.0 Å². The van der Waals surface area contributed by atoms with E-state index in [4.69, 9.17) is 5.26 Å². The van der Waals surface area contributed by atoms with Crippen LogP contribution in [0.25, 0.3) is 0 Å². The number of aromatic nitrogens is 1. The summed E-state index contributed by atoms with van der Waals surface area (Å²) >= 11 is 2.99. The monoisotopic (exact) mass is 246 g/mol. The lowest BCUT2D eigenvalue weighted by Crippen LogP contribution is -1.95. The molecule has 1 aromatic rings. The summed E-state index contributed by atoms with van der Waals surface area (Å²) in [7, 11) is 0. The van der Waals surface area contributed by atoms with Gasteiger partial charge >= 0.3 is 0 Å². The average Bonchev–Trinajstić information content (AvgIpc) is 2.08. The molecule has 68 valence electrons. The molecule has 0 fully saturated rings. The van der Waals surface area contributed by atoms with Crippen molar-refractivity contribution in [2.45, 2.75) is 12.8 Å². The Hall–Kier alpha value is -1.02. The highest BCUT2D eigenvalue weighted by atomic mass is 79.9. The van der Waals surface area contributed by atoms with Crippen molar-refractivity contribution >= 4 is 15.9 Å². The van der Waals surface area contributed by atoms with Crippen LogP contribution in [0.15, 0.2) is 16.9 Å². The van der Waals surface area contributed by atoms with E-state index >= 15 is 0 Å². The molecule has 1 aromatic heterocycles. The lowest BCUT2D eigenvalue weighted by molar-refractivity contribution is 0.150. The number of halogens is 3. The fourth-order valence-electron chi connectivity index (χ4n) is 0.908. The Bertz CT molecular complexity index is 346. The molecule has 0 aliphatic rings. The fraction of sp³-hybridized carbons (Fsp3) is 0.250. The van der Waals surface area contributed by atoms with E-state index in [0.29, 0.717) is 4.60 Å². The van der Waals surface area contributed by atoms with E-state index < -0.39 is 6.43 Å². The van der Waals surface area contributed by atoms with Gasteiger partial charge in [0.2, 0.25) is 0 Å². The van der Waals surface area contributed by atoms with E-state index in [2.05, 4.69) is 20.9 Å². The summed E-state index contributed by atoms with van der Waals surface area (Å²) in [5.74, 6) is 0. The molecule has 1 heterocycles. The van der Waals surface area contributed by atoms with Crippen molar-refractivity contribution in [3.8, 4) is 6.07 Å². The summed E-state index contributed by atoms with van der Waals surface area (Å²) in [6, 6.07) is 3.04. The van der Waals surface area contributed by atoms with Crippen LogP contribution in [0.2, 0.25) is 0 Å². The molecule has 5 heteroatoms. The summed E-state index contributed by atoms with van der Waals surface area (Å²) < 4.78 is 25.1. The molecule has 0 spiro atoms. The Balaban J connectivity index is 3.12. The maximum atomic E-state index is 12.4. The summed E-state index contributed by atoms with van der Waals surface area (Å²) in [5.41, 5.74) is 0.143. The summed E-state index contributed by atoms with van der Waals surface area (Å²) in [4.78, 5) is 3.77. The van der Waals surface area contributed by atoms with Crippen LogP contribution in [0.1, 0.15) is 17.6 Å². The molecule has 0 saturated carbocycles. The van der Waals surface area contributed by atoms with Crippen LogP contribution < -0.4 is 0 Å². The SMILES string of the molecule is N#CCc1cnc(Br)cc1C(F)F. The Labute approximate surface area is 82.3 Å². The van der Waals surface area contributed by atoms with E-state index in [-0.39, 0.29) is 17.5 Å². The van der Waals surface area contributed by atoms with Gasteiger partial charge in [0, 0.05) is 11.8 Å². The molecule has 0 N–H and O–H groups in total. The molecule has 2 nitrogen and oxygen atoms in total. The van der Waals surface area contributed by atoms with Crippen LogP contribution in [-0.2, 0) is 6.42 Å². The molecule has 0 bridgehead atoms. The van der Waals surface area contributed by atoms with Crippen LogP contribution in [0.3, 0.4) is 0 Å². The minimum absolute atomic E-state index is 0.0417. The quantitative estimate of drug-likeness (QED) is 0.753. The van der Waals surface area contributed by atoms with Crippen molar-refractivity contribution < 1.29 is 8.78 Å². The van der Waals surface area contributed by atoms with Crippen LogP contribution in [0.4, 0.5) is 8.78 Å². The number of nitrogens with zero attached hydrogens (tertiary/aromatic N) is 2. The minimum atomic E-state index is -2.57. The van der Waals surface area contributed by atoms with Gasteiger partial charge < -0.3 is 0 Å². The van der Waals surface area contributed by atoms with Gasteiger partial charge in [0.15, 0.2) is 0 Å². The van der Waals surface area contributed by atoms with Gasteiger partial charge in [-0.2, -0.15) is 5.26 Å². The molecule has 0 atom stereocenters. The van der Waals surface area contributed by atoms with Crippen molar-refractivity contribution in [1.82, 2.24) is 4.98 Å². The molecule has 0 saturated heterocycles. The first-order valence-electron chi connectivity index (χ1n) is 3.44. The zero-order valence-electron chi connectivity index (χ0n) is 6.47. The van der Waals surface area contributed by atoms with Crippen molar-refractivity contribution in [2.24, 2.45) is 0 Å². The molecular formula is C8H5BrF2N2. The standard InChI is InChI=1S/C8H5BrF2N2/c9-7-3-6(8(10)11)5(1-2-12)4-13-7/h3-4,8H,1H2. The van der Waals surface area contributed by atoms with Crippen LogP contribution in [0, 0.1) is 11.3 Å². The first-order chi connectivity index (χ1) is 6.15.